The molecule has 116 valence electrons. The van der Waals surface area contributed by atoms with Crippen LogP contribution in [0.2, 0.25) is 0 Å². The summed E-state index contributed by atoms with van der Waals surface area (Å²) in [7, 11) is 1.61. The van der Waals surface area contributed by atoms with Gasteiger partial charge in [-0.1, -0.05) is 27.7 Å². The zero-order valence-electron chi connectivity index (χ0n) is 12.2. The van der Waals surface area contributed by atoms with Gasteiger partial charge in [0.2, 0.25) is 0 Å². The maximum absolute atomic E-state index is 12.7. The van der Waals surface area contributed by atoms with E-state index in [0.29, 0.717) is 35.6 Å². The van der Waals surface area contributed by atoms with E-state index in [2.05, 4.69) is 27.0 Å². The zero-order valence-corrected chi connectivity index (χ0v) is 14.6. The SMILES string of the molecule is COCCn1c(SCCCC#N)nc2ccc(Br)cc2c1=O. The number of halogens is 1. The van der Waals surface area contributed by atoms with E-state index < -0.39 is 0 Å². The number of nitrogens with zero attached hydrogens (tertiary/aromatic N) is 3. The van der Waals surface area contributed by atoms with Crippen molar-refractivity contribution in [2.45, 2.75) is 24.5 Å². The molecule has 1 heterocycles. The molecule has 0 unspecified atom stereocenters. The number of aromatic nitrogens is 2. The lowest BCUT2D eigenvalue weighted by Gasteiger charge is -2.12. The highest BCUT2D eigenvalue weighted by Crippen LogP contribution is 2.21. The molecule has 0 saturated heterocycles. The van der Waals surface area contributed by atoms with Crippen LogP contribution in [0.4, 0.5) is 0 Å². The third-order valence-corrected chi connectivity index (χ3v) is 4.62. The summed E-state index contributed by atoms with van der Waals surface area (Å²) in [5.74, 6) is 0.759. The van der Waals surface area contributed by atoms with Crippen molar-refractivity contribution < 1.29 is 4.74 Å². The fourth-order valence-corrected chi connectivity index (χ4v) is 3.30. The normalized spacial score (nSPS) is 10.8. The highest BCUT2D eigenvalue weighted by atomic mass is 79.9. The molecule has 1 aromatic heterocycles. The number of hydrogen-bond donors (Lipinski definition) is 0. The van der Waals surface area contributed by atoms with E-state index in [1.165, 1.54) is 11.8 Å². The number of nitriles is 1. The minimum atomic E-state index is -0.0638. The molecule has 0 aliphatic heterocycles. The van der Waals surface area contributed by atoms with Crippen LogP contribution in [0.25, 0.3) is 10.9 Å². The number of thioether (sulfide) groups is 1. The molecule has 7 heteroatoms. The maximum atomic E-state index is 12.7. The van der Waals surface area contributed by atoms with Crippen LogP contribution in [0.15, 0.2) is 32.6 Å². The van der Waals surface area contributed by atoms with Crippen LogP contribution in [-0.2, 0) is 11.3 Å². The van der Waals surface area contributed by atoms with Gasteiger partial charge in [0.05, 0.1) is 30.1 Å². The van der Waals surface area contributed by atoms with Gasteiger partial charge in [0, 0.05) is 23.8 Å². The first-order valence-corrected chi connectivity index (χ1v) is 8.64. The Morgan fingerprint density at radius 1 is 1.50 bits per heavy atom. The molecule has 0 spiro atoms. The molecule has 0 bridgehead atoms. The Bertz CT molecular complexity index is 755. The Labute approximate surface area is 141 Å². The predicted octanol–water partition coefficient (Wildman–Crippen LogP) is 3.20. The third kappa shape index (κ3) is 4.09. The van der Waals surface area contributed by atoms with E-state index in [9.17, 15) is 4.79 Å². The lowest BCUT2D eigenvalue weighted by molar-refractivity contribution is 0.183. The summed E-state index contributed by atoms with van der Waals surface area (Å²) in [5.41, 5.74) is 0.621. The molecular formula is C15H16BrN3O2S. The van der Waals surface area contributed by atoms with Gasteiger partial charge in [-0.05, 0) is 24.6 Å². The van der Waals surface area contributed by atoms with Crippen LogP contribution < -0.4 is 5.56 Å². The van der Waals surface area contributed by atoms with E-state index in [4.69, 9.17) is 10.00 Å². The van der Waals surface area contributed by atoms with Gasteiger partial charge in [-0.25, -0.2) is 4.98 Å². The van der Waals surface area contributed by atoms with Crippen molar-refractivity contribution in [1.29, 1.82) is 5.26 Å². The number of rotatable bonds is 7. The molecule has 0 atom stereocenters. The molecule has 22 heavy (non-hydrogen) atoms. The largest absolute Gasteiger partial charge is 0.383 e. The second-order valence-electron chi connectivity index (χ2n) is 4.62. The first kappa shape index (κ1) is 17.0. The summed E-state index contributed by atoms with van der Waals surface area (Å²) in [6.45, 7) is 0.915. The number of ether oxygens (including phenoxy) is 1. The second kappa shape index (κ2) is 8.32. The second-order valence-corrected chi connectivity index (χ2v) is 6.59. The summed E-state index contributed by atoms with van der Waals surface area (Å²) in [5, 5.41) is 9.86. The summed E-state index contributed by atoms with van der Waals surface area (Å²) in [4.78, 5) is 17.3. The van der Waals surface area contributed by atoms with E-state index in [0.717, 1.165) is 16.6 Å². The molecule has 2 aromatic rings. The topological polar surface area (TPSA) is 67.9 Å². The Morgan fingerprint density at radius 2 is 2.32 bits per heavy atom. The first-order valence-electron chi connectivity index (χ1n) is 6.86. The zero-order chi connectivity index (χ0) is 15.9. The lowest BCUT2D eigenvalue weighted by atomic mass is 10.2. The van der Waals surface area contributed by atoms with E-state index >= 15 is 0 Å². The van der Waals surface area contributed by atoms with Gasteiger partial charge in [-0.15, -0.1) is 0 Å². The molecule has 0 N–H and O–H groups in total. The van der Waals surface area contributed by atoms with Crippen molar-refractivity contribution in [3.63, 3.8) is 0 Å². The number of fused-ring (bicyclic) bond motifs is 1. The number of unbranched alkanes of at least 4 members (excludes halogenated alkanes) is 1. The Balaban J connectivity index is 2.41. The number of methoxy groups -OCH3 is 1. The van der Waals surface area contributed by atoms with Gasteiger partial charge < -0.3 is 4.74 Å². The molecular weight excluding hydrogens is 366 g/mol. The quantitative estimate of drug-likeness (QED) is 0.418. The minimum Gasteiger partial charge on any atom is -0.383 e. The summed E-state index contributed by atoms with van der Waals surface area (Å²) in [6.07, 6.45) is 1.29. The van der Waals surface area contributed by atoms with E-state index in [-0.39, 0.29) is 5.56 Å². The van der Waals surface area contributed by atoms with Crippen molar-refractivity contribution in [2.75, 3.05) is 19.5 Å². The van der Waals surface area contributed by atoms with Crippen LogP contribution in [0.3, 0.4) is 0 Å². The monoisotopic (exact) mass is 381 g/mol. The molecule has 0 amide bonds. The summed E-state index contributed by atoms with van der Waals surface area (Å²) >= 11 is 4.89. The van der Waals surface area contributed by atoms with Crippen molar-refractivity contribution in [3.8, 4) is 6.07 Å². The molecule has 0 aliphatic carbocycles. The molecule has 0 fully saturated rings. The van der Waals surface area contributed by atoms with E-state index in [1.54, 1.807) is 17.7 Å². The molecule has 0 aliphatic rings. The van der Waals surface area contributed by atoms with Crippen LogP contribution >= 0.6 is 27.7 Å². The van der Waals surface area contributed by atoms with Crippen LogP contribution in [0.1, 0.15) is 12.8 Å². The average Bonchev–Trinajstić information content (AvgIpc) is 2.52. The van der Waals surface area contributed by atoms with Gasteiger partial charge in [-0.2, -0.15) is 5.26 Å². The summed E-state index contributed by atoms with van der Waals surface area (Å²) in [6, 6.07) is 7.62. The van der Waals surface area contributed by atoms with Crippen LogP contribution in [-0.4, -0.2) is 29.0 Å². The average molecular weight is 382 g/mol. The predicted molar refractivity (Wildman–Crippen MR) is 91.2 cm³/mol. The van der Waals surface area contributed by atoms with Crippen molar-refractivity contribution in [1.82, 2.24) is 9.55 Å². The van der Waals surface area contributed by atoms with Gasteiger partial charge >= 0.3 is 0 Å². The van der Waals surface area contributed by atoms with Crippen LogP contribution in [0, 0.1) is 11.3 Å². The number of benzene rings is 1. The maximum Gasteiger partial charge on any atom is 0.262 e. The fourth-order valence-electron chi connectivity index (χ4n) is 1.98. The Kier molecular flexibility index (Phi) is 6.43. The number of hydrogen-bond acceptors (Lipinski definition) is 5. The van der Waals surface area contributed by atoms with Crippen molar-refractivity contribution in [2.24, 2.45) is 0 Å². The highest BCUT2D eigenvalue weighted by Gasteiger charge is 2.11. The van der Waals surface area contributed by atoms with Gasteiger partial charge in [0.15, 0.2) is 5.16 Å². The molecule has 0 radical (unpaired) electrons. The minimum absolute atomic E-state index is 0.0638. The summed E-state index contributed by atoms with van der Waals surface area (Å²) < 4.78 is 7.59. The molecule has 2 rings (SSSR count). The Morgan fingerprint density at radius 3 is 3.05 bits per heavy atom. The first-order chi connectivity index (χ1) is 10.7. The van der Waals surface area contributed by atoms with Gasteiger partial charge in [-0.3, -0.25) is 9.36 Å². The van der Waals surface area contributed by atoms with Crippen molar-refractivity contribution >= 4 is 38.6 Å². The van der Waals surface area contributed by atoms with Gasteiger partial charge in [0.1, 0.15) is 0 Å². The van der Waals surface area contributed by atoms with Crippen molar-refractivity contribution in [3.05, 3.63) is 33.0 Å². The molecule has 5 nitrogen and oxygen atoms in total. The molecule has 0 saturated carbocycles. The van der Waals surface area contributed by atoms with Gasteiger partial charge in [0.25, 0.3) is 5.56 Å². The smallest absolute Gasteiger partial charge is 0.262 e. The van der Waals surface area contributed by atoms with Crippen LogP contribution in [0.5, 0.6) is 0 Å². The highest BCUT2D eigenvalue weighted by molar-refractivity contribution is 9.10. The molecule has 1 aromatic carbocycles. The Hall–Kier alpha value is -1.36. The third-order valence-electron chi connectivity index (χ3n) is 3.06. The van der Waals surface area contributed by atoms with E-state index in [1.807, 2.05) is 12.1 Å². The lowest BCUT2D eigenvalue weighted by Crippen LogP contribution is -2.25. The standard InChI is InChI=1S/C15H16BrN3O2S/c1-21-8-7-19-14(20)12-10-11(16)4-5-13(12)18-15(19)22-9-3-2-6-17/h4-5,10H,2-3,7-9H2,1H3. The fraction of sp³-hybridized carbons (Fsp3) is 0.400.